The number of amides is 1. The minimum atomic E-state index is -0.139. The van der Waals surface area contributed by atoms with Crippen molar-refractivity contribution in [2.24, 2.45) is 10.9 Å². The maximum absolute atomic E-state index is 12.0. The standard InChI is InChI=1S/C12H17N3O3/c1-15(7-6-11(13)14-17)12(16)9-4-3-5-10(8-9)18-2/h3-5,8,17H,6-7H2,1-2H3,(H2,13,14). The second-order valence-corrected chi connectivity index (χ2v) is 3.80. The van der Waals surface area contributed by atoms with Crippen LogP contribution in [0.3, 0.4) is 0 Å². The third-order valence-electron chi connectivity index (χ3n) is 2.50. The van der Waals surface area contributed by atoms with Crippen molar-refractivity contribution in [2.45, 2.75) is 6.42 Å². The van der Waals surface area contributed by atoms with Gasteiger partial charge < -0.3 is 20.6 Å². The third-order valence-corrected chi connectivity index (χ3v) is 2.50. The summed E-state index contributed by atoms with van der Waals surface area (Å²) in [6.07, 6.45) is 0.322. The Morgan fingerprint density at radius 2 is 2.28 bits per heavy atom. The number of rotatable bonds is 5. The fourth-order valence-corrected chi connectivity index (χ4v) is 1.41. The number of hydrogen-bond acceptors (Lipinski definition) is 4. The first-order valence-corrected chi connectivity index (χ1v) is 5.44. The first-order valence-electron chi connectivity index (χ1n) is 5.44. The number of methoxy groups -OCH3 is 1. The Morgan fingerprint density at radius 3 is 2.89 bits per heavy atom. The molecule has 1 aromatic rings. The predicted molar refractivity (Wildman–Crippen MR) is 68.0 cm³/mol. The average Bonchev–Trinajstić information content (AvgIpc) is 2.43. The zero-order chi connectivity index (χ0) is 13.5. The molecule has 0 fully saturated rings. The van der Waals surface area contributed by atoms with E-state index in [1.165, 1.54) is 4.90 Å². The zero-order valence-electron chi connectivity index (χ0n) is 10.5. The van der Waals surface area contributed by atoms with E-state index in [4.69, 9.17) is 15.7 Å². The van der Waals surface area contributed by atoms with Crippen LogP contribution in [0.5, 0.6) is 5.75 Å². The number of carbonyl (C=O) groups excluding carboxylic acids is 1. The number of hydrogen-bond donors (Lipinski definition) is 2. The van der Waals surface area contributed by atoms with E-state index in [0.717, 1.165) is 0 Å². The van der Waals surface area contributed by atoms with Gasteiger partial charge in [0, 0.05) is 25.6 Å². The van der Waals surface area contributed by atoms with Crippen LogP contribution in [0.25, 0.3) is 0 Å². The lowest BCUT2D eigenvalue weighted by molar-refractivity contribution is 0.0798. The molecule has 98 valence electrons. The highest BCUT2D eigenvalue weighted by Gasteiger charge is 2.12. The summed E-state index contributed by atoms with van der Waals surface area (Å²) >= 11 is 0. The molecule has 0 aromatic heterocycles. The molecule has 1 rings (SSSR count). The van der Waals surface area contributed by atoms with Crippen molar-refractivity contribution in [1.29, 1.82) is 0 Å². The number of ether oxygens (including phenoxy) is 1. The largest absolute Gasteiger partial charge is 0.497 e. The number of nitrogens with two attached hydrogens (primary N) is 1. The number of carbonyl (C=O) groups is 1. The monoisotopic (exact) mass is 251 g/mol. The number of amidine groups is 1. The van der Waals surface area contributed by atoms with Gasteiger partial charge in [-0.3, -0.25) is 4.79 Å². The van der Waals surface area contributed by atoms with Gasteiger partial charge in [-0.05, 0) is 18.2 Å². The van der Waals surface area contributed by atoms with Gasteiger partial charge in [0.15, 0.2) is 0 Å². The molecule has 0 saturated carbocycles. The quantitative estimate of drug-likeness (QED) is 0.352. The summed E-state index contributed by atoms with van der Waals surface area (Å²) in [6, 6.07) is 6.91. The Morgan fingerprint density at radius 1 is 1.56 bits per heavy atom. The van der Waals surface area contributed by atoms with E-state index in [1.54, 1.807) is 38.4 Å². The maximum Gasteiger partial charge on any atom is 0.253 e. The molecular formula is C12H17N3O3. The van der Waals surface area contributed by atoms with Gasteiger partial charge in [0.1, 0.15) is 11.6 Å². The molecule has 0 atom stereocenters. The molecule has 0 bridgehead atoms. The van der Waals surface area contributed by atoms with Gasteiger partial charge in [-0.2, -0.15) is 0 Å². The Balaban J connectivity index is 2.68. The molecule has 0 spiro atoms. The molecule has 0 aliphatic rings. The van der Waals surface area contributed by atoms with E-state index >= 15 is 0 Å². The first-order chi connectivity index (χ1) is 8.58. The summed E-state index contributed by atoms with van der Waals surface area (Å²) in [5.41, 5.74) is 5.89. The third kappa shape index (κ3) is 3.65. The lowest BCUT2D eigenvalue weighted by Crippen LogP contribution is -2.30. The molecular weight excluding hydrogens is 234 g/mol. The van der Waals surface area contributed by atoms with Gasteiger partial charge in [-0.15, -0.1) is 0 Å². The van der Waals surface area contributed by atoms with E-state index in [0.29, 0.717) is 24.3 Å². The summed E-state index contributed by atoms with van der Waals surface area (Å²) in [4.78, 5) is 13.5. The van der Waals surface area contributed by atoms with E-state index in [-0.39, 0.29) is 11.7 Å². The Hall–Kier alpha value is -2.24. The molecule has 18 heavy (non-hydrogen) atoms. The fourth-order valence-electron chi connectivity index (χ4n) is 1.41. The van der Waals surface area contributed by atoms with Crippen molar-refractivity contribution in [3.63, 3.8) is 0 Å². The highest BCUT2D eigenvalue weighted by molar-refractivity contribution is 5.94. The van der Waals surface area contributed by atoms with E-state index in [1.807, 2.05) is 0 Å². The average molecular weight is 251 g/mol. The van der Waals surface area contributed by atoms with Crippen LogP contribution >= 0.6 is 0 Å². The minimum absolute atomic E-state index is 0.0975. The van der Waals surface area contributed by atoms with Crippen LogP contribution in [0, 0.1) is 0 Å². The maximum atomic E-state index is 12.0. The Bertz CT molecular complexity index is 446. The van der Waals surface area contributed by atoms with Crippen LogP contribution in [0.2, 0.25) is 0 Å². The normalized spacial score (nSPS) is 11.1. The van der Waals surface area contributed by atoms with Crippen LogP contribution in [0.15, 0.2) is 29.4 Å². The van der Waals surface area contributed by atoms with Crippen LogP contribution in [0.4, 0.5) is 0 Å². The summed E-state index contributed by atoms with van der Waals surface area (Å²) < 4.78 is 5.06. The van der Waals surface area contributed by atoms with Crippen molar-refractivity contribution < 1.29 is 14.7 Å². The molecule has 0 aliphatic carbocycles. The summed E-state index contributed by atoms with van der Waals surface area (Å²) in [5, 5.41) is 11.3. The number of oxime groups is 1. The fraction of sp³-hybridized carbons (Fsp3) is 0.333. The van der Waals surface area contributed by atoms with E-state index in [9.17, 15) is 4.79 Å². The van der Waals surface area contributed by atoms with Gasteiger partial charge in [0.05, 0.1) is 7.11 Å². The van der Waals surface area contributed by atoms with E-state index < -0.39 is 0 Å². The molecule has 0 aliphatic heterocycles. The molecule has 6 nitrogen and oxygen atoms in total. The highest BCUT2D eigenvalue weighted by atomic mass is 16.5. The van der Waals surface area contributed by atoms with Crippen LogP contribution in [0.1, 0.15) is 16.8 Å². The summed E-state index contributed by atoms with van der Waals surface area (Å²) in [5.74, 6) is 0.589. The van der Waals surface area contributed by atoms with Gasteiger partial charge >= 0.3 is 0 Å². The van der Waals surface area contributed by atoms with Gasteiger partial charge in [-0.1, -0.05) is 11.2 Å². The van der Waals surface area contributed by atoms with Gasteiger partial charge in [0.2, 0.25) is 0 Å². The predicted octanol–water partition coefficient (Wildman–Crippen LogP) is 0.904. The molecule has 0 saturated heterocycles. The zero-order valence-corrected chi connectivity index (χ0v) is 10.5. The molecule has 0 unspecified atom stereocenters. The lowest BCUT2D eigenvalue weighted by Gasteiger charge is -2.17. The van der Waals surface area contributed by atoms with Gasteiger partial charge in [0.25, 0.3) is 5.91 Å². The minimum Gasteiger partial charge on any atom is -0.497 e. The van der Waals surface area contributed by atoms with Crippen LogP contribution < -0.4 is 10.5 Å². The van der Waals surface area contributed by atoms with Crippen molar-refractivity contribution in [1.82, 2.24) is 4.90 Å². The highest BCUT2D eigenvalue weighted by Crippen LogP contribution is 2.13. The van der Waals surface area contributed by atoms with Crippen molar-refractivity contribution in [3.8, 4) is 5.75 Å². The van der Waals surface area contributed by atoms with E-state index in [2.05, 4.69) is 5.16 Å². The topological polar surface area (TPSA) is 88.2 Å². The molecule has 6 heteroatoms. The second-order valence-electron chi connectivity index (χ2n) is 3.80. The van der Waals surface area contributed by atoms with Crippen molar-refractivity contribution in [3.05, 3.63) is 29.8 Å². The Kier molecular flexibility index (Phi) is 4.98. The molecule has 0 radical (unpaired) electrons. The lowest BCUT2D eigenvalue weighted by atomic mass is 10.2. The second kappa shape index (κ2) is 6.48. The number of nitrogens with zero attached hydrogens (tertiary/aromatic N) is 2. The van der Waals surface area contributed by atoms with Crippen molar-refractivity contribution >= 4 is 11.7 Å². The number of benzene rings is 1. The molecule has 1 aromatic carbocycles. The summed E-state index contributed by atoms with van der Waals surface area (Å²) in [6.45, 7) is 0.381. The Labute approximate surface area is 106 Å². The summed E-state index contributed by atoms with van der Waals surface area (Å²) in [7, 11) is 3.21. The SMILES string of the molecule is COc1cccc(C(=O)N(C)CC/C(N)=N\O)c1. The molecule has 1 amide bonds. The first kappa shape index (κ1) is 13.8. The molecule has 3 N–H and O–H groups in total. The van der Waals surface area contributed by atoms with Crippen LogP contribution in [-0.2, 0) is 0 Å². The smallest absolute Gasteiger partial charge is 0.253 e. The van der Waals surface area contributed by atoms with Crippen LogP contribution in [-0.4, -0.2) is 42.6 Å². The molecule has 0 heterocycles. The van der Waals surface area contributed by atoms with Crippen molar-refractivity contribution in [2.75, 3.05) is 20.7 Å². The van der Waals surface area contributed by atoms with Gasteiger partial charge in [-0.25, -0.2) is 0 Å².